The summed E-state index contributed by atoms with van der Waals surface area (Å²) in [6.07, 6.45) is -0.630. The number of anilines is 1. The minimum Gasteiger partial charge on any atom is -0.444 e. The van der Waals surface area contributed by atoms with Gasteiger partial charge >= 0.3 is 6.09 Å². The zero-order valence-corrected chi connectivity index (χ0v) is 13.1. The standard InChI is InChI=1S/C13H20N2O4S/c1-9-6-7-10(8-11(9)20(17,18)14-5)15-12(16)19-13(2,3)4/h6-8,14H,1-5H3,(H,15,16). The van der Waals surface area contributed by atoms with Gasteiger partial charge < -0.3 is 4.74 Å². The molecule has 0 fully saturated rings. The quantitative estimate of drug-likeness (QED) is 0.896. The molecule has 1 aromatic rings. The summed E-state index contributed by atoms with van der Waals surface area (Å²) in [7, 11) is -2.23. The van der Waals surface area contributed by atoms with E-state index in [1.165, 1.54) is 13.1 Å². The smallest absolute Gasteiger partial charge is 0.412 e. The lowest BCUT2D eigenvalue weighted by molar-refractivity contribution is 0.0636. The molecule has 0 aliphatic heterocycles. The highest BCUT2D eigenvalue weighted by atomic mass is 32.2. The van der Waals surface area contributed by atoms with Crippen LogP contribution in [0.5, 0.6) is 0 Å². The third kappa shape index (κ3) is 4.50. The Morgan fingerprint density at radius 2 is 1.85 bits per heavy atom. The highest BCUT2D eigenvalue weighted by Gasteiger charge is 2.18. The summed E-state index contributed by atoms with van der Waals surface area (Å²) in [5.74, 6) is 0. The summed E-state index contributed by atoms with van der Waals surface area (Å²) in [6, 6.07) is 4.63. The van der Waals surface area contributed by atoms with Crippen LogP contribution in [-0.4, -0.2) is 27.2 Å². The van der Waals surface area contributed by atoms with Crippen LogP contribution in [0.3, 0.4) is 0 Å². The van der Waals surface area contributed by atoms with E-state index in [9.17, 15) is 13.2 Å². The molecule has 0 aliphatic rings. The van der Waals surface area contributed by atoms with E-state index in [-0.39, 0.29) is 4.90 Å². The van der Waals surface area contributed by atoms with Crippen molar-refractivity contribution >= 4 is 21.8 Å². The van der Waals surface area contributed by atoms with Crippen molar-refractivity contribution in [3.63, 3.8) is 0 Å². The molecule has 0 bridgehead atoms. The Bertz CT molecular complexity index is 603. The average Bonchev–Trinajstić information content (AvgIpc) is 2.29. The first kappa shape index (κ1) is 16.5. The number of aryl methyl sites for hydroxylation is 1. The highest BCUT2D eigenvalue weighted by Crippen LogP contribution is 2.20. The average molecular weight is 300 g/mol. The largest absolute Gasteiger partial charge is 0.444 e. The number of carbonyl (C=O) groups excluding carboxylic acids is 1. The molecule has 0 saturated heterocycles. The maximum absolute atomic E-state index is 11.8. The number of rotatable bonds is 3. The van der Waals surface area contributed by atoms with Gasteiger partial charge in [0.15, 0.2) is 0 Å². The van der Waals surface area contributed by atoms with Crippen molar-refractivity contribution in [3.05, 3.63) is 23.8 Å². The van der Waals surface area contributed by atoms with Crippen molar-refractivity contribution in [2.45, 2.75) is 38.2 Å². The Labute approximate surface area is 119 Å². The summed E-state index contributed by atoms with van der Waals surface area (Å²) in [5, 5.41) is 2.51. The van der Waals surface area contributed by atoms with E-state index in [1.807, 2.05) is 0 Å². The summed E-state index contributed by atoms with van der Waals surface area (Å²) in [4.78, 5) is 11.8. The third-order valence-electron chi connectivity index (χ3n) is 2.39. The molecular formula is C13H20N2O4S. The first-order valence-corrected chi connectivity index (χ1v) is 7.58. The molecule has 0 spiro atoms. The first-order valence-electron chi connectivity index (χ1n) is 6.09. The van der Waals surface area contributed by atoms with Crippen LogP contribution in [-0.2, 0) is 14.8 Å². The molecule has 20 heavy (non-hydrogen) atoms. The molecule has 2 N–H and O–H groups in total. The molecule has 0 aromatic heterocycles. The number of hydrogen-bond donors (Lipinski definition) is 2. The second-order valence-corrected chi connectivity index (χ2v) is 7.17. The summed E-state index contributed by atoms with van der Waals surface area (Å²) >= 11 is 0. The highest BCUT2D eigenvalue weighted by molar-refractivity contribution is 7.89. The maximum Gasteiger partial charge on any atom is 0.412 e. The van der Waals surface area contributed by atoms with Gasteiger partial charge in [-0.25, -0.2) is 17.9 Å². The van der Waals surface area contributed by atoms with Gasteiger partial charge in [-0.15, -0.1) is 0 Å². The number of amides is 1. The number of sulfonamides is 1. The maximum atomic E-state index is 11.8. The molecule has 0 radical (unpaired) electrons. The van der Waals surface area contributed by atoms with E-state index >= 15 is 0 Å². The first-order chi connectivity index (χ1) is 9.05. The van der Waals surface area contributed by atoms with Gasteiger partial charge in [-0.3, -0.25) is 5.32 Å². The fourth-order valence-electron chi connectivity index (χ4n) is 1.50. The van der Waals surface area contributed by atoms with Crippen LogP contribution in [0.15, 0.2) is 23.1 Å². The van der Waals surface area contributed by atoms with Gasteiger partial charge in [0.2, 0.25) is 10.0 Å². The van der Waals surface area contributed by atoms with Gasteiger partial charge in [0.1, 0.15) is 5.60 Å². The van der Waals surface area contributed by atoms with Gasteiger partial charge in [-0.1, -0.05) is 6.07 Å². The predicted octanol–water partition coefficient (Wildman–Crippen LogP) is 2.25. The van der Waals surface area contributed by atoms with Crippen LogP contribution < -0.4 is 10.0 Å². The van der Waals surface area contributed by atoms with E-state index in [2.05, 4.69) is 10.0 Å². The second kappa shape index (κ2) is 5.80. The molecule has 7 heteroatoms. The van der Waals surface area contributed by atoms with Gasteiger partial charge in [0.05, 0.1) is 4.90 Å². The molecule has 1 aromatic carbocycles. The molecule has 6 nitrogen and oxygen atoms in total. The van der Waals surface area contributed by atoms with E-state index in [0.717, 1.165) is 0 Å². The van der Waals surface area contributed by atoms with Crippen molar-refractivity contribution in [1.82, 2.24) is 4.72 Å². The molecule has 0 unspecified atom stereocenters. The Hall–Kier alpha value is -1.60. The lowest BCUT2D eigenvalue weighted by atomic mass is 10.2. The van der Waals surface area contributed by atoms with Crippen molar-refractivity contribution in [2.75, 3.05) is 12.4 Å². The Balaban J connectivity index is 3.00. The third-order valence-corrected chi connectivity index (χ3v) is 3.95. The fraction of sp³-hybridized carbons (Fsp3) is 0.462. The molecule has 1 rings (SSSR count). The molecule has 0 aliphatic carbocycles. The van der Waals surface area contributed by atoms with E-state index < -0.39 is 21.7 Å². The monoisotopic (exact) mass is 300 g/mol. The Kier molecular flexibility index (Phi) is 4.77. The van der Waals surface area contributed by atoms with Gasteiger partial charge in [0, 0.05) is 5.69 Å². The molecule has 0 heterocycles. The van der Waals surface area contributed by atoms with Crippen LogP contribution >= 0.6 is 0 Å². The molecule has 1 amide bonds. The van der Waals surface area contributed by atoms with Crippen LogP contribution in [0.4, 0.5) is 10.5 Å². The zero-order chi connectivity index (χ0) is 15.6. The number of ether oxygens (including phenoxy) is 1. The minimum absolute atomic E-state index is 0.119. The van der Waals surface area contributed by atoms with Crippen molar-refractivity contribution in [3.8, 4) is 0 Å². The summed E-state index contributed by atoms with van der Waals surface area (Å²) in [5.41, 5.74) is 0.335. The molecule has 112 valence electrons. The van der Waals surface area contributed by atoms with Gasteiger partial charge in [-0.2, -0.15) is 0 Å². The van der Waals surface area contributed by atoms with Crippen LogP contribution in [0, 0.1) is 6.92 Å². The second-order valence-electron chi connectivity index (χ2n) is 5.31. The number of carbonyl (C=O) groups is 1. The minimum atomic E-state index is -3.56. The van der Waals surface area contributed by atoms with E-state index in [1.54, 1.807) is 39.8 Å². The SMILES string of the molecule is CNS(=O)(=O)c1cc(NC(=O)OC(C)(C)C)ccc1C. The lowest BCUT2D eigenvalue weighted by Crippen LogP contribution is -2.27. The van der Waals surface area contributed by atoms with Crippen molar-refractivity contribution in [2.24, 2.45) is 0 Å². The number of hydrogen-bond acceptors (Lipinski definition) is 4. The zero-order valence-electron chi connectivity index (χ0n) is 12.3. The normalized spacial score (nSPS) is 12.1. The fourth-order valence-corrected chi connectivity index (χ4v) is 2.49. The number of benzene rings is 1. The Morgan fingerprint density at radius 3 is 2.35 bits per heavy atom. The molecule has 0 saturated carbocycles. The van der Waals surface area contributed by atoms with Gasteiger partial charge in [-0.05, 0) is 52.4 Å². The molecule has 0 atom stereocenters. The number of nitrogens with one attached hydrogen (secondary N) is 2. The van der Waals surface area contributed by atoms with Crippen LogP contribution in [0.25, 0.3) is 0 Å². The topological polar surface area (TPSA) is 84.5 Å². The van der Waals surface area contributed by atoms with Crippen molar-refractivity contribution < 1.29 is 17.9 Å². The lowest BCUT2D eigenvalue weighted by Gasteiger charge is -2.20. The summed E-state index contributed by atoms with van der Waals surface area (Å²) < 4.78 is 31.0. The van der Waals surface area contributed by atoms with Crippen LogP contribution in [0.2, 0.25) is 0 Å². The Morgan fingerprint density at radius 1 is 1.25 bits per heavy atom. The summed E-state index contributed by atoms with van der Waals surface area (Å²) in [6.45, 7) is 6.93. The van der Waals surface area contributed by atoms with Crippen LogP contribution in [0.1, 0.15) is 26.3 Å². The van der Waals surface area contributed by atoms with Gasteiger partial charge in [0.25, 0.3) is 0 Å². The van der Waals surface area contributed by atoms with E-state index in [4.69, 9.17) is 4.74 Å². The molecular weight excluding hydrogens is 280 g/mol. The van der Waals surface area contributed by atoms with E-state index in [0.29, 0.717) is 11.3 Å². The van der Waals surface area contributed by atoms with Crippen molar-refractivity contribution in [1.29, 1.82) is 0 Å². The predicted molar refractivity (Wildman–Crippen MR) is 77.3 cm³/mol.